The van der Waals surface area contributed by atoms with Crippen LogP contribution in [0.5, 0.6) is 0 Å². The molecule has 9 rings (SSSR count). The largest absolute Gasteiger partial charge is 0.416 e. The molecule has 53 heavy (non-hydrogen) atoms. The quantitative estimate of drug-likeness (QED) is 0.262. The number of hydrogen-bond donors (Lipinski definition) is 3. The maximum atomic E-state index is 13.3. The Labute approximate surface area is 306 Å². The van der Waals surface area contributed by atoms with Gasteiger partial charge in [-0.15, -0.1) is 0 Å². The van der Waals surface area contributed by atoms with Gasteiger partial charge in [0.1, 0.15) is 11.4 Å². The normalized spacial score (nSPS) is 25.1. The van der Waals surface area contributed by atoms with Gasteiger partial charge in [-0.05, 0) is 118 Å². The number of rotatable bonds is 8. The van der Waals surface area contributed by atoms with Gasteiger partial charge in [0.15, 0.2) is 0 Å². The first-order chi connectivity index (χ1) is 25.4. The molecule has 2 amide bonds. The zero-order valence-electron chi connectivity index (χ0n) is 29.0. The summed E-state index contributed by atoms with van der Waals surface area (Å²) in [7, 11) is -4.11. The molecule has 3 aromatic rings. The fraction of sp³-hybridized carbons (Fsp3) is 0.436. The minimum Gasteiger partial charge on any atom is -0.348 e. The second kappa shape index (κ2) is 14.1. The van der Waals surface area contributed by atoms with Crippen molar-refractivity contribution in [1.29, 1.82) is 0 Å². The average molecular weight is 747 g/mol. The SMILES string of the molecule is O=C(NC1CC1)c1cccc(C2=CC3CCC(C2)N3)n1.O=C(NC1CC1)c1cccc(C2=CC3CCC(C2)N3S(=O)(=O)c2cccc(C(F)(F)F)c2)n1. The van der Waals surface area contributed by atoms with Crippen LogP contribution in [0.15, 0.2) is 77.7 Å². The van der Waals surface area contributed by atoms with E-state index in [1.807, 2.05) is 18.2 Å². The van der Waals surface area contributed by atoms with Crippen molar-refractivity contribution in [2.24, 2.45) is 0 Å². The van der Waals surface area contributed by atoms with Crippen LogP contribution in [0.3, 0.4) is 0 Å². The molecule has 2 saturated carbocycles. The molecular weight excluding hydrogens is 706 g/mol. The Balaban J connectivity index is 0.000000170. The highest BCUT2D eigenvalue weighted by atomic mass is 32.2. The highest BCUT2D eigenvalue weighted by Gasteiger charge is 2.45. The first kappa shape index (κ1) is 35.6. The highest BCUT2D eigenvalue weighted by Crippen LogP contribution is 2.42. The van der Waals surface area contributed by atoms with E-state index in [1.54, 1.807) is 24.3 Å². The van der Waals surface area contributed by atoms with Crippen molar-refractivity contribution >= 4 is 33.0 Å². The van der Waals surface area contributed by atoms with Crippen LogP contribution in [0.1, 0.15) is 102 Å². The number of pyridine rings is 2. The maximum Gasteiger partial charge on any atom is 0.416 e. The predicted octanol–water partition coefficient (Wildman–Crippen LogP) is 5.88. The molecule has 4 bridgehead atoms. The number of amides is 2. The lowest BCUT2D eigenvalue weighted by Gasteiger charge is -2.33. The summed E-state index contributed by atoms with van der Waals surface area (Å²) >= 11 is 0. The Morgan fingerprint density at radius 1 is 0.736 bits per heavy atom. The number of halogens is 3. The molecule has 10 nitrogen and oxygen atoms in total. The van der Waals surface area contributed by atoms with Gasteiger partial charge in [-0.25, -0.2) is 18.4 Å². The lowest BCUT2D eigenvalue weighted by molar-refractivity contribution is -0.137. The molecule has 2 saturated heterocycles. The van der Waals surface area contributed by atoms with E-state index < -0.39 is 27.8 Å². The topological polar surface area (TPSA) is 133 Å². The molecule has 1 aromatic carbocycles. The van der Waals surface area contributed by atoms with Gasteiger partial charge in [-0.3, -0.25) is 9.59 Å². The fourth-order valence-corrected chi connectivity index (χ4v) is 9.54. The molecule has 3 N–H and O–H groups in total. The number of aromatic nitrogens is 2. The summed E-state index contributed by atoms with van der Waals surface area (Å²) in [6, 6.07) is 15.6. The van der Waals surface area contributed by atoms with Gasteiger partial charge in [0.05, 0.1) is 21.8 Å². The number of nitrogens with one attached hydrogen (secondary N) is 3. The van der Waals surface area contributed by atoms with E-state index in [4.69, 9.17) is 0 Å². The van der Waals surface area contributed by atoms with Gasteiger partial charge in [-0.1, -0.05) is 30.4 Å². The molecule has 4 aliphatic heterocycles. The molecular formula is C39H41F3N6O4S. The summed E-state index contributed by atoms with van der Waals surface area (Å²) in [4.78, 5) is 33.1. The molecule has 2 aliphatic carbocycles. The van der Waals surface area contributed by atoms with E-state index in [1.165, 1.54) is 28.8 Å². The van der Waals surface area contributed by atoms with Crippen molar-refractivity contribution in [2.75, 3.05) is 0 Å². The van der Waals surface area contributed by atoms with Gasteiger partial charge in [-0.2, -0.15) is 17.5 Å². The first-order valence-corrected chi connectivity index (χ1v) is 19.8. The third-order valence-electron chi connectivity index (χ3n) is 10.7. The lowest BCUT2D eigenvalue weighted by atomic mass is 10.00. The summed E-state index contributed by atoms with van der Waals surface area (Å²) in [5.74, 6) is -0.265. The standard InChI is InChI=1S/C23H22F3N3O3S.C16H19N3O/c24-23(25,26)15-3-1-4-19(13-15)33(31,32)29-17-9-10-18(29)12-14(11-17)20-5-2-6-21(28-20)22(30)27-16-7-8-16;20-16(18-11-4-5-11)15-3-1-2-14(19-15)10-8-12-6-7-13(9-10)17-12/h1-6,11,13,16-18H,7-10,12H2,(H,27,30);1-3,8,11-13,17H,4-7,9H2,(H,18,20). The monoisotopic (exact) mass is 746 g/mol. The van der Waals surface area contributed by atoms with Crippen molar-refractivity contribution < 1.29 is 31.2 Å². The van der Waals surface area contributed by atoms with Gasteiger partial charge in [0.25, 0.3) is 11.8 Å². The minimum atomic E-state index is -4.62. The summed E-state index contributed by atoms with van der Waals surface area (Å²) < 4.78 is 67.2. The van der Waals surface area contributed by atoms with Gasteiger partial charge < -0.3 is 16.0 Å². The van der Waals surface area contributed by atoms with Crippen LogP contribution < -0.4 is 16.0 Å². The molecule has 0 radical (unpaired) electrons. The number of alkyl halides is 3. The van der Waals surface area contributed by atoms with Crippen LogP contribution in [-0.2, 0) is 16.2 Å². The Kier molecular flexibility index (Phi) is 9.48. The number of benzene rings is 1. The van der Waals surface area contributed by atoms with Crippen molar-refractivity contribution in [1.82, 2.24) is 30.2 Å². The molecule has 278 valence electrons. The molecule has 6 heterocycles. The third-order valence-corrected chi connectivity index (χ3v) is 12.6. The van der Waals surface area contributed by atoms with Gasteiger partial charge >= 0.3 is 6.18 Å². The molecule has 6 aliphatic rings. The Bertz CT molecular complexity index is 2100. The number of hydrogen-bond acceptors (Lipinski definition) is 7. The second-order valence-corrected chi connectivity index (χ2v) is 16.7. The molecule has 2 aromatic heterocycles. The van der Waals surface area contributed by atoms with E-state index >= 15 is 0 Å². The van der Waals surface area contributed by atoms with Gasteiger partial charge in [0.2, 0.25) is 10.0 Å². The number of carbonyl (C=O) groups is 2. The predicted molar refractivity (Wildman–Crippen MR) is 192 cm³/mol. The van der Waals surface area contributed by atoms with Gasteiger partial charge in [0, 0.05) is 36.3 Å². The van der Waals surface area contributed by atoms with E-state index in [2.05, 4.69) is 32.0 Å². The average Bonchev–Trinajstić information content (AvgIpc) is 4.09. The molecule has 14 heteroatoms. The number of nitrogens with zero attached hydrogens (tertiary/aromatic N) is 3. The first-order valence-electron chi connectivity index (χ1n) is 18.4. The second-order valence-electron chi connectivity index (χ2n) is 14.8. The van der Waals surface area contributed by atoms with Crippen LogP contribution in [0.4, 0.5) is 13.2 Å². The summed E-state index contributed by atoms with van der Waals surface area (Å²) in [5, 5.41) is 9.48. The molecule has 0 spiro atoms. The summed E-state index contributed by atoms with van der Waals surface area (Å²) in [5.41, 5.74) is 3.58. The van der Waals surface area contributed by atoms with E-state index in [-0.39, 0.29) is 28.8 Å². The van der Waals surface area contributed by atoms with Crippen molar-refractivity contribution in [3.05, 3.63) is 101 Å². The molecule has 4 atom stereocenters. The minimum absolute atomic E-state index is 0.0353. The van der Waals surface area contributed by atoms with E-state index in [0.717, 1.165) is 55.5 Å². The number of fused-ring (bicyclic) bond motifs is 4. The van der Waals surface area contributed by atoms with Crippen molar-refractivity contribution in [2.45, 2.75) is 112 Å². The zero-order valence-corrected chi connectivity index (χ0v) is 29.8. The number of carbonyl (C=O) groups excluding carboxylic acids is 2. The smallest absolute Gasteiger partial charge is 0.348 e. The van der Waals surface area contributed by atoms with Crippen LogP contribution in [0.2, 0.25) is 0 Å². The van der Waals surface area contributed by atoms with Crippen LogP contribution in [0, 0.1) is 0 Å². The number of sulfonamides is 1. The highest BCUT2D eigenvalue weighted by molar-refractivity contribution is 7.89. The third kappa shape index (κ3) is 7.95. The zero-order chi connectivity index (χ0) is 36.9. The van der Waals surface area contributed by atoms with E-state index in [0.29, 0.717) is 60.5 Å². The Morgan fingerprint density at radius 2 is 1.34 bits per heavy atom. The van der Waals surface area contributed by atoms with Crippen LogP contribution in [0.25, 0.3) is 11.1 Å². The Hall–Kier alpha value is -4.40. The van der Waals surface area contributed by atoms with Crippen molar-refractivity contribution in [3.63, 3.8) is 0 Å². The van der Waals surface area contributed by atoms with Crippen LogP contribution in [-0.4, -0.2) is 70.8 Å². The molecule has 4 fully saturated rings. The Morgan fingerprint density at radius 3 is 1.91 bits per heavy atom. The maximum absolute atomic E-state index is 13.3. The van der Waals surface area contributed by atoms with Crippen LogP contribution >= 0.6 is 0 Å². The fourth-order valence-electron chi connectivity index (χ4n) is 7.67. The summed E-state index contributed by atoms with van der Waals surface area (Å²) in [6.07, 6.45) is 8.67. The van der Waals surface area contributed by atoms with E-state index in [9.17, 15) is 31.2 Å². The van der Waals surface area contributed by atoms with Crippen molar-refractivity contribution in [3.8, 4) is 0 Å². The summed E-state index contributed by atoms with van der Waals surface area (Å²) in [6.45, 7) is 0. The molecule has 4 unspecified atom stereocenters. The lowest BCUT2D eigenvalue weighted by Crippen LogP contribution is -2.43.